The highest BCUT2D eigenvalue weighted by molar-refractivity contribution is 6.32. The lowest BCUT2D eigenvalue weighted by Gasteiger charge is -2.26. The summed E-state index contributed by atoms with van der Waals surface area (Å²) in [6, 6.07) is 10.3. The molecule has 1 aromatic heterocycles. The van der Waals surface area contributed by atoms with Crippen molar-refractivity contribution in [1.82, 2.24) is 9.88 Å². The monoisotopic (exact) mass is 355 g/mol. The van der Waals surface area contributed by atoms with Gasteiger partial charge in [0.05, 0.1) is 12.3 Å². The van der Waals surface area contributed by atoms with Crippen molar-refractivity contribution in [2.24, 2.45) is 0 Å². The molecule has 2 heterocycles. The van der Waals surface area contributed by atoms with Crippen LogP contribution in [0.3, 0.4) is 0 Å². The summed E-state index contributed by atoms with van der Waals surface area (Å²) in [6.07, 6.45) is 3.99. The molecule has 132 valence electrons. The molecule has 1 fully saturated rings. The van der Waals surface area contributed by atoms with Crippen molar-refractivity contribution in [3.05, 3.63) is 58.0 Å². The van der Waals surface area contributed by atoms with E-state index in [-0.39, 0.29) is 5.15 Å². The number of hydrogen-bond acceptors (Lipinski definition) is 2. The minimum Gasteiger partial charge on any atom is -0.299 e. The zero-order valence-electron chi connectivity index (χ0n) is 15.3. The summed E-state index contributed by atoms with van der Waals surface area (Å²) in [5.41, 5.74) is 4.62. The normalized spacial score (nSPS) is 14.4. The molecule has 1 aliphatic rings. The van der Waals surface area contributed by atoms with Gasteiger partial charge in [0, 0.05) is 12.1 Å². The molecule has 0 saturated carbocycles. The summed E-state index contributed by atoms with van der Waals surface area (Å²) in [5, 5.41) is 0.276. The molecular formula is C21H26ClN3. The Morgan fingerprint density at radius 1 is 1.12 bits per heavy atom. The van der Waals surface area contributed by atoms with E-state index in [9.17, 15) is 0 Å². The molecule has 0 amide bonds. The maximum absolute atomic E-state index is 7.10. The van der Waals surface area contributed by atoms with Crippen LogP contribution >= 0.6 is 11.6 Å². The van der Waals surface area contributed by atoms with Gasteiger partial charge in [-0.1, -0.05) is 56.1 Å². The number of nitrogens with zero attached hydrogens (tertiary/aromatic N) is 3. The number of hydrogen-bond donors (Lipinski definition) is 0. The highest BCUT2D eigenvalue weighted by Crippen LogP contribution is 2.30. The lowest BCUT2D eigenvalue weighted by atomic mass is 10.0. The number of rotatable bonds is 3. The molecular weight excluding hydrogens is 330 g/mol. The topological polar surface area (TPSA) is 20.5 Å². The fourth-order valence-corrected chi connectivity index (χ4v) is 3.27. The third-order valence-corrected chi connectivity index (χ3v) is 4.63. The number of halogens is 1. The standard InChI is InChI=1S/C19H20ClN3.C2H6/c1-14-12-17(21-2)19(20)22-18(14)16-8-6-15(7-9-16)13-23-10-4-3-5-11-23;1-2/h6-9,12H,3-5,10-11,13H2,1H3;1-2H3. The van der Waals surface area contributed by atoms with Crippen molar-refractivity contribution in [3.8, 4) is 11.3 Å². The summed E-state index contributed by atoms with van der Waals surface area (Å²) in [5.74, 6) is 0. The fourth-order valence-electron chi connectivity index (χ4n) is 3.09. The maximum atomic E-state index is 7.10. The van der Waals surface area contributed by atoms with Crippen molar-refractivity contribution < 1.29 is 0 Å². The second-order valence-electron chi connectivity index (χ2n) is 6.11. The first-order chi connectivity index (χ1) is 12.2. The maximum Gasteiger partial charge on any atom is 0.223 e. The van der Waals surface area contributed by atoms with Gasteiger partial charge >= 0.3 is 0 Å². The fraction of sp³-hybridized carbons (Fsp3) is 0.429. The molecule has 1 saturated heterocycles. The van der Waals surface area contributed by atoms with Crippen molar-refractivity contribution in [3.63, 3.8) is 0 Å². The van der Waals surface area contributed by atoms with Crippen molar-refractivity contribution in [2.45, 2.75) is 46.6 Å². The molecule has 0 atom stereocenters. The first-order valence-electron chi connectivity index (χ1n) is 9.03. The zero-order chi connectivity index (χ0) is 18.2. The van der Waals surface area contributed by atoms with Gasteiger partial charge in [0.15, 0.2) is 0 Å². The Morgan fingerprint density at radius 2 is 1.76 bits per heavy atom. The predicted octanol–water partition coefficient (Wildman–Crippen LogP) is 6.27. The van der Waals surface area contributed by atoms with Crippen molar-refractivity contribution in [2.75, 3.05) is 13.1 Å². The Hall–Kier alpha value is -1.89. The van der Waals surface area contributed by atoms with E-state index < -0.39 is 0 Å². The summed E-state index contributed by atoms with van der Waals surface area (Å²) in [4.78, 5) is 10.3. The van der Waals surface area contributed by atoms with Gasteiger partial charge in [0.25, 0.3) is 0 Å². The minimum atomic E-state index is 0.276. The smallest absolute Gasteiger partial charge is 0.223 e. The summed E-state index contributed by atoms with van der Waals surface area (Å²) in [7, 11) is 0. The molecule has 0 spiro atoms. The molecule has 0 bridgehead atoms. The van der Waals surface area contributed by atoms with E-state index in [0.717, 1.165) is 23.4 Å². The number of pyridine rings is 1. The van der Waals surface area contributed by atoms with Crippen LogP contribution < -0.4 is 0 Å². The molecule has 3 nitrogen and oxygen atoms in total. The van der Waals surface area contributed by atoms with Crippen LogP contribution in [0.25, 0.3) is 16.1 Å². The van der Waals surface area contributed by atoms with Crippen LogP contribution in [0.1, 0.15) is 44.2 Å². The zero-order valence-corrected chi connectivity index (χ0v) is 16.1. The molecule has 0 aliphatic carbocycles. The van der Waals surface area contributed by atoms with Crippen LogP contribution in [0, 0.1) is 13.5 Å². The van der Waals surface area contributed by atoms with E-state index in [1.54, 1.807) is 6.07 Å². The molecule has 25 heavy (non-hydrogen) atoms. The lowest BCUT2D eigenvalue weighted by molar-refractivity contribution is 0.221. The third kappa shape index (κ3) is 5.04. The van der Waals surface area contributed by atoms with Gasteiger partial charge in [-0.2, -0.15) is 0 Å². The second-order valence-corrected chi connectivity index (χ2v) is 6.47. The van der Waals surface area contributed by atoms with E-state index in [2.05, 4.69) is 39.0 Å². The van der Waals surface area contributed by atoms with Gasteiger partial charge in [-0.15, -0.1) is 0 Å². The highest BCUT2D eigenvalue weighted by atomic mass is 35.5. The summed E-state index contributed by atoms with van der Waals surface area (Å²) < 4.78 is 0. The van der Waals surface area contributed by atoms with E-state index in [4.69, 9.17) is 18.2 Å². The van der Waals surface area contributed by atoms with E-state index in [1.807, 2.05) is 20.8 Å². The van der Waals surface area contributed by atoms with Gasteiger partial charge < -0.3 is 0 Å². The quantitative estimate of drug-likeness (QED) is 0.477. The third-order valence-electron chi connectivity index (χ3n) is 4.35. The minimum absolute atomic E-state index is 0.276. The van der Waals surface area contributed by atoms with Gasteiger partial charge in [0.1, 0.15) is 5.15 Å². The molecule has 1 aromatic carbocycles. The van der Waals surface area contributed by atoms with E-state index >= 15 is 0 Å². The second kappa shape index (κ2) is 9.56. The molecule has 0 unspecified atom stereocenters. The first-order valence-corrected chi connectivity index (χ1v) is 9.41. The number of aromatic nitrogens is 1. The Morgan fingerprint density at radius 3 is 2.36 bits per heavy atom. The Bertz CT molecular complexity index is 726. The predicted molar refractivity (Wildman–Crippen MR) is 106 cm³/mol. The lowest BCUT2D eigenvalue weighted by Crippen LogP contribution is -2.28. The molecule has 3 rings (SSSR count). The average molecular weight is 356 g/mol. The van der Waals surface area contributed by atoms with Crippen LogP contribution in [-0.2, 0) is 6.54 Å². The van der Waals surface area contributed by atoms with Crippen LogP contribution in [0.4, 0.5) is 5.69 Å². The van der Waals surface area contributed by atoms with Crippen LogP contribution in [0.5, 0.6) is 0 Å². The molecule has 2 aromatic rings. The summed E-state index contributed by atoms with van der Waals surface area (Å²) in [6.45, 7) is 16.5. The number of likely N-dealkylation sites (tertiary alicyclic amines) is 1. The van der Waals surface area contributed by atoms with Crippen molar-refractivity contribution >= 4 is 17.3 Å². The number of benzene rings is 1. The largest absolute Gasteiger partial charge is 0.299 e. The number of aryl methyl sites for hydroxylation is 1. The number of piperidine rings is 1. The van der Waals surface area contributed by atoms with Gasteiger partial charge in [-0.3, -0.25) is 4.90 Å². The molecule has 0 radical (unpaired) electrons. The molecule has 4 heteroatoms. The van der Waals surface area contributed by atoms with Crippen LogP contribution in [-0.4, -0.2) is 23.0 Å². The SMILES string of the molecule is CC.[C-]#[N+]c1cc(C)c(-c2ccc(CN3CCCCC3)cc2)nc1Cl. The molecule has 0 N–H and O–H groups in total. The summed E-state index contributed by atoms with van der Waals surface area (Å²) >= 11 is 6.08. The van der Waals surface area contributed by atoms with E-state index in [0.29, 0.717) is 5.69 Å². The highest BCUT2D eigenvalue weighted by Gasteiger charge is 2.12. The van der Waals surface area contributed by atoms with Gasteiger partial charge in [0.2, 0.25) is 5.69 Å². The Kier molecular flexibility index (Phi) is 7.43. The van der Waals surface area contributed by atoms with E-state index in [1.165, 1.54) is 37.9 Å². The van der Waals surface area contributed by atoms with Gasteiger partial charge in [-0.05, 0) is 50.0 Å². The van der Waals surface area contributed by atoms with Crippen molar-refractivity contribution in [1.29, 1.82) is 0 Å². The first kappa shape index (κ1) is 19.4. The van der Waals surface area contributed by atoms with Gasteiger partial charge in [-0.25, -0.2) is 9.83 Å². The Labute approximate surface area is 156 Å². The van der Waals surface area contributed by atoms with Crippen LogP contribution in [0.15, 0.2) is 30.3 Å². The average Bonchev–Trinajstić information content (AvgIpc) is 2.66. The molecule has 1 aliphatic heterocycles. The Balaban J connectivity index is 0.00000109. The van der Waals surface area contributed by atoms with Crippen LogP contribution in [0.2, 0.25) is 5.15 Å².